The van der Waals surface area contributed by atoms with Gasteiger partial charge in [0.25, 0.3) is 0 Å². The lowest BCUT2D eigenvalue weighted by Crippen LogP contribution is -2.30. The Kier molecular flexibility index (Phi) is 55.3. The SMILES string of the molecule is CC/C=C\C/C=C\C/C=C\C/C=C\CCC(=O)OCC(COC(=O)CCCCCCCCCCC/C=C\CCCCCCCCCC)OC(=O)CCCCCCCCC/C=C\C/C=C\CCCCCC. The van der Waals surface area contributed by atoms with Crippen LogP contribution >= 0.6 is 0 Å². The van der Waals surface area contributed by atoms with Crippen LogP contribution in [0.5, 0.6) is 0 Å². The molecule has 0 rings (SSSR count). The molecule has 6 heteroatoms. The van der Waals surface area contributed by atoms with Crippen molar-refractivity contribution in [1.82, 2.24) is 0 Å². The van der Waals surface area contributed by atoms with E-state index in [1.807, 2.05) is 6.08 Å². The summed E-state index contributed by atoms with van der Waals surface area (Å²) < 4.78 is 16.8. The molecule has 0 aromatic carbocycles. The fourth-order valence-corrected chi connectivity index (χ4v) is 8.19. The largest absolute Gasteiger partial charge is 0.462 e. The molecule has 0 fully saturated rings. The zero-order chi connectivity index (χ0) is 50.7. The highest BCUT2D eigenvalue weighted by molar-refractivity contribution is 5.71. The van der Waals surface area contributed by atoms with E-state index in [4.69, 9.17) is 14.2 Å². The molecule has 0 aliphatic rings. The average Bonchev–Trinajstić information content (AvgIpc) is 3.36. The number of carbonyl (C=O) groups is 3. The van der Waals surface area contributed by atoms with Crippen LogP contribution in [0.4, 0.5) is 0 Å². The molecule has 402 valence electrons. The lowest BCUT2D eigenvalue weighted by Gasteiger charge is -2.18. The quantitative estimate of drug-likeness (QED) is 0.0261. The molecule has 0 saturated heterocycles. The zero-order valence-corrected chi connectivity index (χ0v) is 46.0. The van der Waals surface area contributed by atoms with E-state index >= 15 is 0 Å². The second-order valence-corrected chi connectivity index (χ2v) is 19.5. The highest BCUT2D eigenvalue weighted by Crippen LogP contribution is 2.15. The van der Waals surface area contributed by atoms with Crippen molar-refractivity contribution in [2.24, 2.45) is 0 Å². The fourth-order valence-electron chi connectivity index (χ4n) is 8.19. The van der Waals surface area contributed by atoms with E-state index in [1.54, 1.807) is 0 Å². The molecule has 0 aromatic heterocycles. The minimum Gasteiger partial charge on any atom is -0.462 e. The van der Waals surface area contributed by atoms with Crippen molar-refractivity contribution < 1.29 is 28.6 Å². The first-order chi connectivity index (χ1) is 34.5. The average molecular weight is 976 g/mol. The van der Waals surface area contributed by atoms with Crippen molar-refractivity contribution in [1.29, 1.82) is 0 Å². The Morgan fingerprint density at radius 2 is 0.586 bits per heavy atom. The number of hydrogen-bond acceptors (Lipinski definition) is 6. The summed E-state index contributed by atoms with van der Waals surface area (Å²) in [7, 11) is 0. The van der Waals surface area contributed by atoms with E-state index in [1.165, 1.54) is 161 Å². The predicted octanol–water partition coefficient (Wildman–Crippen LogP) is 19.9. The third kappa shape index (κ3) is 55.5. The van der Waals surface area contributed by atoms with Crippen molar-refractivity contribution in [2.45, 2.75) is 290 Å². The lowest BCUT2D eigenvalue weighted by atomic mass is 10.1. The third-order valence-corrected chi connectivity index (χ3v) is 12.6. The number of hydrogen-bond donors (Lipinski definition) is 0. The van der Waals surface area contributed by atoms with Crippen LogP contribution in [0.1, 0.15) is 284 Å². The van der Waals surface area contributed by atoms with Crippen molar-refractivity contribution >= 4 is 17.9 Å². The second-order valence-electron chi connectivity index (χ2n) is 19.5. The van der Waals surface area contributed by atoms with Gasteiger partial charge < -0.3 is 14.2 Å². The van der Waals surface area contributed by atoms with Gasteiger partial charge in [0.2, 0.25) is 0 Å². The van der Waals surface area contributed by atoms with Gasteiger partial charge in [0, 0.05) is 19.3 Å². The Morgan fingerprint density at radius 3 is 0.986 bits per heavy atom. The van der Waals surface area contributed by atoms with Crippen LogP contribution in [-0.2, 0) is 28.6 Å². The zero-order valence-electron chi connectivity index (χ0n) is 46.0. The summed E-state index contributed by atoms with van der Waals surface area (Å²) in [5, 5.41) is 0. The van der Waals surface area contributed by atoms with Gasteiger partial charge in [0.15, 0.2) is 6.10 Å². The van der Waals surface area contributed by atoms with Crippen LogP contribution in [0.25, 0.3) is 0 Å². The van der Waals surface area contributed by atoms with E-state index in [0.29, 0.717) is 19.3 Å². The molecule has 0 heterocycles. The fraction of sp³-hybridized carbons (Fsp3) is 0.734. The number of unbranched alkanes of at least 4 members (excludes halogenated alkanes) is 28. The second kappa shape index (κ2) is 58.2. The molecule has 0 aliphatic heterocycles. The Bertz CT molecular complexity index is 1350. The summed E-state index contributed by atoms with van der Waals surface area (Å²) in [5.41, 5.74) is 0. The van der Waals surface area contributed by atoms with Gasteiger partial charge in [-0.15, -0.1) is 0 Å². The van der Waals surface area contributed by atoms with E-state index in [9.17, 15) is 14.4 Å². The first-order valence-electron chi connectivity index (χ1n) is 29.6. The molecular formula is C64H110O6. The molecule has 70 heavy (non-hydrogen) atoms. The van der Waals surface area contributed by atoms with Crippen LogP contribution in [0.2, 0.25) is 0 Å². The van der Waals surface area contributed by atoms with Gasteiger partial charge in [-0.3, -0.25) is 14.4 Å². The molecule has 1 unspecified atom stereocenters. The van der Waals surface area contributed by atoms with Gasteiger partial charge in [0.05, 0.1) is 0 Å². The first kappa shape index (κ1) is 66.6. The molecule has 0 radical (unpaired) electrons. The van der Waals surface area contributed by atoms with E-state index in [0.717, 1.165) is 77.0 Å². The van der Waals surface area contributed by atoms with Crippen LogP contribution in [-0.4, -0.2) is 37.2 Å². The van der Waals surface area contributed by atoms with Crippen molar-refractivity contribution in [3.05, 3.63) is 85.1 Å². The molecule has 0 N–H and O–H groups in total. The Balaban J connectivity index is 4.40. The monoisotopic (exact) mass is 975 g/mol. The van der Waals surface area contributed by atoms with Crippen LogP contribution in [0.15, 0.2) is 85.1 Å². The van der Waals surface area contributed by atoms with E-state index in [-0.39, 0.29) is 37.5 Å². The number of esters is 3. The number of allylic oxidation sites excluding steroid dienone is 14. The summed E-state index contributed by atoms with van der Waals surface area (Å²) in [5.74, 6) is -0.991. The van der Waals surface area contributed by atoms with Gasteiger partial charge in [-0.2, -0.15) is 0 Å². The molecular weight excluding hydrogens is 865 g/mol. The third-order valence-electron chi connectivity index (χ3n) is 12.6. The Morgan fingerprint density at radius 1 is 0.300 bits per heavy atom. The van der Waals surface area contributed by atoms with Gasteiger partial charge in [-0.25, -0.2) is 0 Å². The summed E-state index contributed by atoms with van der Waals surface area (Å²) >= 11 is 0. The summed E-state index contributed by atoms with van der Waals surface area (Å²) in [4.78, 5) is 38.1. The number of ether oxygens (including phenoxy) is 3. The molecule has 0 aromatic rings. The molecule has 1 atom stereocenters. The highest BCUT2D eigenvalue weighted by Gasteiger charge is 2.19. The minimum absolute atomic E-state index is 0.102. The Hall–Kier alpha value is -3.41. The van der Waals surface area contributed by atoms with Crippen molar-refractivity contribution in [2.75, 3.05) is 13.2 Å². The molecule has 0 aliphatic carbocycles. The smallest absolute Gasteiger partial charge is 0.306 e. The maximum atomic E-state index is 12.9. The van der Waals surface area contributed by atoms with Crippen molar-refractivity contribution in [3.63, 3.8) is 0 Å². The van der Waals surface area contributed by atoms with Gasteiger partial charge >= 0.3 is 17.9 Å². The summed E-state index contributed by atoms with van der Waals surface area (Å²) in [6.45, 7) is 6.45. The molecule has 0 amide bonds. The van der Waals surface area contributed by atoms with Crippen LogP contribution in [0.3, 0.4) is 0 Å². The molecule has 6 nitrogen and oxygen atoms in total. The topological polar surface area (TPSA) is 78.9 Å². The maximum absolute atomic E-state index is 12.9. The van der Waals surface area contributed by atoms with Gasteiger partial charge in [0.1, 0.15) is 13.2 Å². The summed E-state index contributed by atoms with van der Waals surface area (Å²) in [6.07, 6.45) is 75.9. The standard InChI is InChI=1S/C64H110O6/c1-4-7-10-13-16-19-22-25-27-29-31-32-33-35-36-39-42-45-48-51-54-57-63(66)69-60-61(59-68-62(65)56-53-50-47-44-41-38-24-21-18-15-12-9-6-3)70-64(67)58-55-52-49-46-43-40-37-34-30-28-26-23-20-17-14-11-8-5-2/h9,12,18,20-21,23,28-31,38,41,47,50,61H,4-8,10-11,13-17,19,22,24-27,32-37,39-40,42-46,48-49,51-60H2,1-3H3/b12-9-,21-18-,23-20-,30-28-,31-29-,41-38-,50-47-. The van der Waals surface area contributed by atoms with E-state index < -0.39 is 6.10 Å². The van der Waals surface area contributed by atoms with Gasteiger partial charge in [-0.1, -0.05) is 247 Å². The normalized spacial score (nSPS) is 12.7. The van der Waals surface area contributed by atoms with Crippen LogP contribution < -0.4 is 0 Å². The predicted molar refractivity (Wildman–Crippen MR) is 302 cm³/mol. The Labute approximate surface area is 433 Å². The first-order valence-corrected chi connectivity index (χ1v) is 29.6. The summed E-state index contributed by atoms with van der Waals surface area (Å²) in [6, 6.07) is 0. The van der Waals surface area contributed by atoms with Gasteiger partial charge in [-0.05, 0) is 103 Å². The molecule has 0 spiro atoms. The lowest BCUT2D eigenvalue weighted by molar-refractivity contribution is -0.166. The van der Waals surface area contributed by atoms with E-state index in [2.05, 4.69) is 99.8 Å². The number of carbonyl (C=O) groups excluding carboxylic acids is 3. The minimum atomic E-state index is -0.811. The number of rotatable bonds is 53. The molecule has 0 saturated carbocycles. The molecule has 0 bridgehead atoms. The maximum Gasteiger partial charge on any atom is 0.306 e. The highest BCUT2D eigenvalue weighted by atomic mass is 16.6. The van der Waals surface area contributed by atoms with Crippen molar-refractivity contribution in [3.8, 4) is 0 Å². The van der Waals surface area contributed by atoms with Crippen LogP contribution in [0, 0.1) is 0 Å².